The van der Waals surface area contributed by atoms with Gasteiger partial charge in [0.1, 0.15) is 0 Å². The van der Waals surface area contributed by atoms with E-state index in [0.717, 1.165) is 0 Å². The van der Waals surface area contributed by atoms with E-state index in [-0.39, 0.29) is 17.3 Å². The predicted octanol–water partition coefficient (Wildman–Crippen LogP) is 1.35. The van der Waals surface area contributed by atoms with E-state index in [2.05, 4.69) is 10.6 Å². The zero-order valence-corrected chi connectivity index (χ0v) is 10.5. The number of carbonyl (C=O) groups is 1. The Morgan fingerprint density at radius 1 is 1.50 bits per heavy atom. The van der Waals surface area contributed by atoms with Gasteiger partial charge in [-0.3, -0.25) is 4.79 Å². The average Bonchev–Trinajstić information content (AvgIpc) is 2.34. The zero-order valence-electron chi connectivity index (χ0n) is 10.5. The van der Waals surface area contributed by atoms with Crippen molar-refractivity contribution in [3.05, 3.63) is 17.9 Å². The number of nitrogens with two attached hydrogens (primary N) is 1. The van der Waals surface area contributed by atoms with E-state index in [1.54, 1.807) is 14.0 Å². The molecule has 0 radical (unpaired) electrons. The minimum absolute atomic E-state index is 0.0757. The molecule has 0 atom stereocenters. The predicted molar refractivity (Wildman–Crippen MR) is 69.2 cm³/mol. The van der Waals surface area contributed by atoms with Crippen LogP contribution in [0.5, 0.6) is 5.75 Å². The fourth-order valence-corrected chi connectivity index (χ4v) is 1.42. The molecule has 100 valence electrons. The van der Waals surface area contributed by atoms with E-state index >= 15 is 0 Å². The second-order valence-corrected chi connectivity index (χ2v) is 3.65. The topological polar surface area (TPSA) is 76.4 Å². The molecular formula is C12H18FN3O2. The van der Waals surface area contributed by atoms with Crippen LogP contribution in [0.4, 0.5) is 15.8 Å². The van der Waals surface area contributed by atoms with Crippen LogP contribution in [0.2, 0.25) is 0 Å². The first kappa shape index (κ1) is 14.1. The van der Waals surface area contributed by atoms with Gasteiger partial charge in [-0.2, -0.15) is 0 Å². The average molecular weight is 255 g/mol. The lowest BCUT2D eigenvalue weighted by Crippen LogP contribution is -2.21. The molecule has 0 saturated carbocycles. The van der Waals surface area contributed by atoms with E-state index in [0.29, 0.717) is 25.3 Å². The summed E-state index contributed by atoms with van der Waals surface area (Å²) < 4.78 is 18.6. The first-order valence-electron chi connectivity index (χ1n) is 5.74. The second-order valence-electron chi connectivity index (χ2n) is 3.65. The van der Waals surface area contributed by atoms with Crippen LogP contribution in [-0.4, -0.2) is 26.1 Å². The van der Waals surface area contributed by atoms with Gasteiger partial charge >= 0.3 is 0 Å². The van der Waals surface area contributed by atoms with Gasteiger partial charge in [0.05, 0.1) is 18.0 Å². The lowest BCUT2D eigenvalue weighted by molar-refractivity contribution is -0.120. The number of carbonyl (C=O) groups excluding carboxylic acids is 1. The Morgan fingerprint density at radius 2 is 2.22 bits per heavy atom. The molecule has 1 aromatic carbocycles. The molecule has 0 heterocycles. The molecule has 0 saturated heterocycles. The number of rotatable bonds is 6. The maximum atomic E-state index is 13.4. The van der Waals surface area contributed by atoms with Crippen LogP contribution in [0.15, 0.2) is 12.1 Å². The maximum absolute atomic E-state index is 13.4. The molecule has 0 aliphatic rings. The van der Waals surface area contributed by atoms with E-state index in [1.165, 1.54) is 12.1 Å². The fourth-order valence-electron chi connectivity index (χ4n) is 1.42. The van der Waals surface area contributed by atoms with Crippen molar-refractivity contribution >= 4 is 17.3 Å². The summed E-state index contributed by atoms with van der Waals surface area (Å²) in [5.41, 5.74) is 6.52. The number of hydrogen-bond acceptors (Lipinski definition) is 4. The summed E-state index contributed by atoms with van der Waals surface area (Å²) in [7, 11) is 1.57. The molecule has 1 amide bonds. The number of nitrogen functional groups attached to an aromatic ring is 1. The number of hydrogen-bond donors (Lipinski definition) is 3. The minimum Gasteiger partial charge on any atom is -0.491 e. The third-order valence-electron chi connectivity index (χ3n) is 2.35. The number of halogens is 1. The van der Waals surface area contributed by atoms with Gasteiger partial charge in [0.2, 0.25) is 5.91 Å². The van der Waals surface area contributed by atoms with Gasteiger partial charge < -0.3 is 21.1 Å². The summed E-state index contributed by atoms with van der Waals surface area (Å²) in [6, 6.07) is 2.70. The SMILES string of the molecule is CCOc1cc(NCCC(=O)NC)c(N)cc1F. The van der Waals surface area contributed by atoms with Crippen LogP contribution in [0.1, 0.15) is 13.3 Å². The third kappa shape index (κ3) is 3.80. The van der Waals surface area contributed by atoms with Gasteiger partial charge in [0.25, 0.3) is 0 Å². The van der Waals surface area contributed by atoms with Crippen molar-refractivity contribution < 1.29 is 13.9 Å². The molecule has 0 aliphatic heterocycles. The monoisotopic (exact) mass is 255 g/mol. The maximum Gasteiger partial charge on any atom is 0.221 e. The Morgan fingerprint density at radius 3 is 2.83 bits per heavy atom. The molecule has 18 heavy (non-hydrogen) atoms. The number of amides is 1. The molecule has 0 unspecified atom stereocenters. The van der Waals surface area contributed by atoms with Crippen molar-refractivity contribution in [1.82, 2.24) is 5.32 Å². The van der Waals surface area contributed by atoms with Gasteiger partial charge in [0.15, 0.2) is 11.6 Å². The van der Waals surface area contributed by atoms with Gasteiger partial charge in [-0.05, 0) is 6.92 Å². The number of ether oxygens (including phenoxy) is 1. The van der Waals surface area contributed by atoms with E-state index < -0.39 is 5.82 Å². The van der Waals surface area contributed by atoms with Crippen LogP contribution >= 0.6 is 0 Å². The number of nitrogens with one attached hydrogen (secondary N) is 2. The Balaban J connectivity index is 2.69. The third-order valence-corrected chi connectivity index (χ3v) is 2.35. The first-order valence-corrected chi connectivity index (χ1v) is 5.74. The number of benzene rings is 1. The summed E-state index contributed by atoms with van der Waals surface area (Å²) in [6.07, 6.45) is 0.317. The Kier molecular flexibility index (Phi) is 5.23. The van der Waals surface area contributed by atoms with E-state index in [1.807, 2.05) is 0 Å². The minimum atomic E-state index is -0.494. The molecule has 0 bridgehead atoms. The van der Waals surface area contributed by atoms with Gasteiger partial charge in [-0.25, -0.2) is 4.39 Å². The molecule has 0 aromatic heterocycles. The Hall–Kier alpha value is -1.98. The molecule has 5 nitrogen and oxygen atoms in total. The smallest absolute Gasteiger partial charge is 0.221 e. The standard InChI is InChI=1S/C12H18FN3O2/c1-3-18-11-7-10(9(14)6-8(11)13)16-5-4-12(17)15-2/h6-7,16H,3-5,14H2,1-2H3,(H,15,17). The molecule has 6 heteroatoms. The second kappa shape index (κ2) is 6.68. The van der Waals surface area contributed by atoms with Crippen LogP contribution in [-0.2, 0) is 4.79 Å². The summed E-state index contributed by atoms with van der Waals surface area (Å²) in [4.78, 5) is 11.0. The summed E-state index contributed by atoms with van der Waals surface area (Å²) in [5, 5.41) is 5.48. The highest BCUT2D eigenvalue weighted by Gasteiger charge is 2.09. The normalized spacial score (nSPS) is 9.94. The van der Waals surface area contributed by atoms with Crippen molar-refractivity contribution in [3.63, 3.8) is 0 Å². The summed E-state index contributed by atoms with van der Waals surface area (Å²) in [6.45, 7) is 2.56. The van der Waals surface area contributed by atoms with Crippen LogP contribution < -0.4 is 21.1 Å². The zero-order chi connectivity index (χ0) is 13.5. The molecular weight excluding hydrogens is 237 g/mol. The van der Waals surface area contributed by atoms with Gasteiger partial charge in [-0.1, -0.05) is 0 Å². The van der Waals surface area contributed by atoms with E-state index in [9.17, 15) is 9.18 Å². The molecule has 1 aromatic rings. The molecule has 4 N–H and O–H groups in total. The lowest BCUT2D eigenvalue weighted by Gasteiger charge is -2.12. The lowest BCUT2D eigenvalue weighted by atomic mass is 10.2. The van der Waals surface area contributed by atoms with Crippen LogP contribution in [0.3, 0.4) is 0 Å². The largest absolute Gasteiger partial charge is 0.491 e. The van der Waals surface area contributed by atoms with Gasteiger partial charge in [-0.15, -0.1) is 0 Å². The highest BCUT2D eigenvalue weighted by atomic mass is 19.1. The van der Waals surface area contributed by atoms with E-state index in [4.69, 9.17) is 10.5 Å². The van der Waals surface area contributed by atoms with Crippen LogP contribution in [0.25, 0.3) is 0 Å². The van der Waals surface area contributed by atoms with Crippen molar-refractivity contribution in [3.8, 4) is 5.75 Å². The number of anilines is 2. The quantitative estimate of drug-likeness (QED) is 0.671. The molecule has 0 aliphatic carbocycles. The fraction of sp³-hybridized carbons (Fsp3) is 0.417. The summed E-state index contributed by atoms with van der Waals surface area (Å²) in [5.74, 6) is -0.423. The highest BCUT2D eigenvalue weighted by molar-refractivity contribution is 5.76. The summed E-state index contributed by atoms with van der Waals surface area (Å²) >= 11 is 0. The molecule has 1 rings (SSSR count). The van der Waals surface area contributed by atoms with Gasteiger partial charge in [0, 0.05) is 32.1 Å². The molecule has 0 fully saturated rings. The Labute approximate surface area is 106 Å². The first-order chi connectivity index (χ1) is 8.58. The highest BCUT2D eigenvalue weighted by Crippen LogP contribution is 2.28. The Bertz CT molecular complexity index is 424. The molecule has 0 spiro atoms. The van der Waals surface area contributed by atoms with Crippen molar-refractivity contribution in [2.24, 2.45) is 0 Å². The van der Waals surface area contributed by atoms with Crippen molar-refractivity contribution in [1.29, 1.82) is 0 Å². The van der Waals surface area contributed by atoms with Crippen LogP contribution in [0, 0.1) is 5.82 Å². The van der Waals surface area contributed by atoms with Crippen molar-refractivity contribution in [2.75, 3.05) is 31.2 Å². The van der Waals surface area contributed by atoms with Crippen molar-refractivity contribution in [2.45, 2.75) is 13.3 Å².